The number of methoxy groups -OCH3 is 1. The quantitative estimate of drug-likeness (QED) is 0.731. The van der Waals surface area contributed by atoms with Crippen molar-refractivity contribution in [1.29, 1.82) is 0 Å². The van der Waals surface area contributed by atoms with Crippen molar-refractivity contribution >= 4 is 0 Å². The number of aliphatic hydroxyl groups excluding tert-OH is 1. The second kappa shape index (κ2) is 3.54. The van der Waals surface area contributed by atoms with E-state index in [0.717, 1.165) is 5.56 Å². The summed E-state index contributed by atoms with van der Waals surface area (Å²) in [6, 6.07) is 3.19. The van der Waals surface area contributed by atoms with Crippen molar-refractivity contribution in [2.24, 2.45) is 0 Å². The lowest BCUT2D eigenvalue weighted by Gasteiger charge is -2.06. The molecule has 0 unspecified atom stereocenters. The lowest BCUT2D eigenvalue weighted by molar-refractivity contribution is 0.272. The molecule has 1 N–H and O–H groups in total. The number of rotatable bonds is 2. The molecule has 12 heavy (non-hydrogen) atoms. The van der Waals surface area contributed by atoms with E-state index in [-0.39, 0.29) is 17.9 Å². The number of aryl methyl sites for hydroxylation is 1. The molecule has 1 aromatic carbocycles. The van der Waals surface area contributed by atoms with Crippen molar-refractivity contribution in [2.45, 2.75) is 13.5 Å². The van der Waals surface area contributed by atoms with Crippen LogP contribution in [0.1, 0.15) is 11.1 Å². The van der Waals surface area contributed by atoms with Gasteiger partial charge in [-0.15, -0.1) is 0 Å². The van der Waals surface area contributed by atoms with Crippen molar-refractivity contribution in [3.8, 4) is 5.75 Å². The third kappa shape index (κ3) is 1.56. The Morgan fingerprint density at radius 2 is 2.17 bits per heavy atom. The van der Waals surface area contributed by atoms with Gasteiger partial charge in [-0.1, -0.05) is 6.07 Å². The molecule has 0 aliphatic carbocycles. The highest BCUT2D eigenvalue weighted by molar-refractivity contribution is 5.35. The van der Waals surface area contributed by atoms with Crippen molar-refractivity contribution in [3.05, 3.63) is 29.1 Å². The molecule has 3 heteroatoms. The molecule has 0 heterocycles. The minimum atomic E-state index is -0.481. The van der Waals surface area contributed by atoms with Crippen LogP contribution in [0.4, 0.5) is 4.39 Å². The number of benzene rings is 1. The summed E-state index contributed by atoms with van der Waals surface area (Å²) >= 11 is 0. The minimum Gasteiger partial charge on any atom is -0.494 e. The van der Waals surface area contributed by atoms with E-state index in [4.69, 9.17) is 9.84 Å². The van der Waals surface area contributed by atoms with Gasteiger partial charge in [-0.05, 0) is 18.6 Å². The number of hydrogen-bond acceptors (Lipinski definition) is 2. The van der Waals surface area contributed by atoms with Gasteiger partial charge >= 0.3 is 0 Å². The molecule has 2 nitrogen and oxygen atoms in total. The summed E-state index contributed by atoms with van der Waals surface area (Å²) in [5.41, 5.74) is 1.14. The Hall–Kier alpha value is -1.09. The molecule has 1 rings (SSSR count). The molecular weight excluding hydrogens is 159 g/mol. The van der Waals surface area contributed by atoms with Crippen LogP contribution in [0.3, 0.4) is 0 Å². The van der Waals surface area contributed by atoms with Crippen molar-refractivity contribution < 1.29 is 14.2 Å². The molecule has 0 saturated heterocycles. The first-order chi connectivity index (χ1) is 5.69. The topological polar surface area (TPSA) is 29.5 Å². The lowest BCUT2D eigenvalue weighted by atomic mass is 10.1. The second-order valence-corrected chi connectivity index (χ2v) is 2.60. The van der Waals surface area contributed by atoms with Crippen LogP contribution in [0.2, 0.25) is 0 Å². The third-order valence-electron chi connectivity index (χ3n) is 1.65. The van der Waals surface area contributed by atoms with Gasteiger partial charge in [-0.2, -0.15) is 0 Å². The van der Waals surface area contributed by atoms with E-state index in [1.54, 1.807) is 12.1 Å². The Kier molecular flexibility index (Phi) is 2.65. The summed E-state index contributed by atoms with van der Waals surface area (Å²) in [6.45, 7) is 1.52. The van der Waals surface area contributed by atoms with E-state index >= 15 is 0 Å². The summed E-state index contributed by atoms with van der Waals surface area (Å²) in [5, 5.41) is 8.77. The normalized spacial score (nSPS) is 10.0. The monoisotopic (exact) mass is 170 g/mol. The van der Waals surface area contributed by atoms with Crippen LogP contribution in [-0.2, 0) is 6.61 Å². The van der Waals surface area contributed by atoms with Gasteiger partial charge in [0, 0.05) is 5.56 Å². The van der Waals surface area contributed by atoms with Crippen LogP contribution >= 0.6 is 0 Å². The summed E-state index contributed by atoms with van der Waals surface area (Å²) < 4.78 is 18.0. The fraction of sp³-hybridized carbons (Fsp3) is 0.333. The van der Waals surface area contributed by atoms with E-state index in [1.165, 1.54) is 7.11 Å². The lowest BCUT2D eigenvalue weighted by Crippen LogP contribution is -1.95. The zero-order chi connectivity index (χ0) is 9.14. The Morgan fingerprint density at radius 3 is 2.67 bits per heavy atom. The van der Waals surface area contributed by atoms with E-state index < -0.39 is 5.82 Å². The van der Waals surface area contributed by atoms with Crippen molar-refractivity contribution in [1.82, 2.24) is 0 Å². The number of halogens is 1. The molecule has 0 aromatic heterocycles. The zero-order valence-corrected chi connectivity index (χ0v) is 7.10. The van der Waals surface area contributed by atoms with Crippen LogP contribution < -0.4 is 4.74 Å². The molecule has 0 aliphatic rings. The summed E-state index contributed by atoms with van der Waals surface area (Å²) in [4.78, 5) is 0. The SMILES string of the molecule is COc1cc(C)cc(CO)c1[19F]. The Morgan fingerprint density at radius 1 is 1.50 bits per heavy atom. The fourth-order valence-corrected chi connectivity index (χ4v) is 1.07. The molecule has 0 aliphatic heterocycles. The van der Waals surface area contributed by atoms with E-state index in [0.29, 0.717) is 0 Å². The van der Waals surface area contributed by atoms with Gasteiger partial charge in [0.25, 0.3) is 0 Å². The van der Waals surface area contributed by atoms with Gasteiger partial charge < -0.3 is 9.84 Å². The first-order valence-corrected chi connectivity index (χ1v) is 3.63. The highest BCUT2D eigenvalue weighted by Gasteiger charge is 2.08. The zero-order valence-electron chi connectivity index (χ0n) is 7.10. The Bertz CT molecular complexity index is 259. The number of aliphatic hydroxyl groups is 1. The molecule has 1 aromatic rings. The van der Waals surface area contributed by atoms with Gasteiger partial charge in [0.2, 0.25) is 0 Å². The highest BCUT2D eigenvalue weighted by Crippen LogP contribution is 2.22. The first-order valence-electron chi connectivity index (χ1n) is 3.63. The number of hydrogen-bond donors (Lipinski definition) is 1. The van der Waals surface area contributed by atoms with Crippen LogP contribution in [0.25, 0.3) is 0 Å². The summed E-state index contributed by atoms with van der Waals surface area (Å²) in [5.74, 6) is -0.301. The van der Waals surface area contributed by atoms with Gasteiger partial charge in [0.15, 0.2) is 11.6 Å². The summed E-state index contributed by atoms with van der Waals surface area (Å²) in [7, 11) is 1.40. The fourth-order valence-electron chi connectivity index (χ4n) is 1.07. The second-order valence-electron chi connectivity index (χ2n) is 2.60. The maximum Gasteiger partial charge on any atom is 0.170 e. The van der Waals surface area contributed by atoms with Crippen LogP contribution in [0.15, 0.2) is 12.1 Å². The largest absolute Gasteiger partial charge is 0.494 e. The molecule has 66 valence electrons. The van der Waals surface area contributed by atoms with Gasteiger partial charge in [-0.3, -0.25) is 0 Å². The van der Waals surface area contributed by atoms with Crippen molar-refractivity contribution in [3.63, 3.8) is 0 Å². The smallest absolute Gasteiger partial charge is 0.170 e. The molecule has 0 radical (unpaired) electrons. The summed E-state index contributed by atoms with van der Waals surface area (Å²) in [6.07, 6.45) is 0. The average Bonchev–Trinajstić information content (AvgIpc) is 2.08. The van der Waals surface area contributed by atoms with E-state index in [2.05, 4.69) is 0 Å². The van der Waals surface area contributed by atoms with Gasteiger partial charge in [-0.25, -0.2) is 4.39 Å². The predicted molar refractivity (Wildman–Crippen MR) is 43.6 cm³/mol. The Balaban J connectivity index is 3.22. The van der Waals surface area contributed by atoms with E-state index in [1.807, 2.05) is 6.92 Å². The van der Waals surface area contributed by atoms with Crippen molar-refractivity contribution in [2.75, 3.05) is 7.11 Å². The van der Waals surface area contributed by atoms with Crippen LogP contribution in [-0.4, -0.2) is 12.2 Å². The predicted octanol–water partition coefficient (Wildman–Crippen LogP) is 1.64. The van der Waals surface area contributed by atoms with Crippen LogP contribution in [0.5, 0.6) is 5.75 Å². The van der Waals surface area contributed by atoms with Gasteiger partial charge in [0.1, 0.15) is 0 Å². The first kappa shape index (κ1) is 9.00. The molecule has 0 bridgehead atoms. The maximum absolute atomic E-state index is 13.2. The Labute approximate surface area is 70.6 Å². The molecule has 0 spiro atoms. The van der Waals surface area contributed by atoms with Gasteiger partial charge in [0.05, 0.1) is 13.7 Å². The standard InChI is InChI=1S/C9H11FO2/c1-6-3-7(5-11)9(10)8(4-6)12-2/h3-4,11H,5H2,1-2H3/i10+0. The molecular formula is C9H11FO2. The molecule has 0 fully saturated rings. The van der Waals surface area contributed by atoms with Crippen LogP contribution in [0, 0.1) is 12.7 Å². The molecule has 0 saturated carbocycles. The third-order valence-corrected chi connectivity index (χ3v) is 1.65. The minimum absolute atomic E-state index is 0.180. The number of ether oxygens (including phenoxy) is 1. The highest BCUT2D eigenvalue weighted by atomic mass is 19.1. The maximum atomic E-state index is 13.2. The average molecular weight is 170 g/mol. The van der Waals surface area contributed by atoms with E-state index in [9.17, 15) is 4.39 Å². The molecule has 0 amide bonds. The molecule has 0 atom stereocenters.